The van der Waals surface area contributed by atoms with Crippen molar-refractivity contribution in [1.82, 2.24) is 5.32 Å². The van der Waals surface area contributed by atoms with Gasteiger partial charge in [0, 0.05) is 20.8 Å². The van der Waals surface area contributed by atoms with Crippen LogP contribution in [0.5, 0.6) is 0 Å². The Hall–Kier alpha value is -1.14. The summed E-state index contributed by atoms with van der Waals surface area (Å²) in [6.07, 6.45) is 3.98. The smallest absolute Gasteiger partial charge is 0.326 e. The molecule has 0 saturated heterocycles. The molecular formula is C13H23NO5. The maximum atomic E-state index is 11.9. The Kier molecular flexibility index (Phi) is 6.24. The third-order valence-electron chi connectivity index (χ3n) is 3.66. The van der Waals surface area contributed by atoms with Crippen LogP contribution in [0.25, 0.3) is 0 Å². The number of hydrogen-bond donors (Lipinski definition) is 2. The SMILES string of the molecule is COCCCC(NC(=O)CC1(OC)CCC1)C(=O)O. The van der Waals surface area contributed by atoms with Crippen molar-refractivity contribution in [1.29, 1.82) is 0 Å². The molecule has 1 amide bonds. The molecule has 0 aromatic heterocycles. The fourth-order valence-electron chi connectivity index (χ4n) is 2.25. The summed E-state index contributed by atoms with van der Waals surface area (Å²) in [4.78, 5) is 22.9. The maximum absolute atomic E-state index is 11.9. The highest BCUT2D eigenvalue weighted by Crippen LogP contribution is 2.37. The lowest BCUT2D eigenvalue weighted by atomic mass is 9.77. The number of hydrogen-bond acceptors (Lipinski definition) is 4. The molecule has 1 fully saturated rings. The van der Waals surface area contributed by atoms with Gasteiger partial charge in [-0.25, -0.2) is 4.79 Å². The van der Waals surface area contributed by atoms with Gasteiger partial charge in [0.2, 0.25) is 5.91 Å². The third-order valence-corrected chi connectivity index (χ3v) is 3.66. The summed E-state index contributed by atoms with van der Waals surface area (Å²) in [6, 6.07) is -0.850. The van der Waals surface area contributed by atoms with Gasteiger partial charge < -0.3 is 19.9 Å². The molecule has 1 aliphatic carbocycles. The Morgan fingerprint density at radius 2 is 2.05 bits per heavy atom. The van der Waals surface area contributed by atoms with Crippen LogP contribution < -0.4 is 5.32 Å². The van der Waals surface area contributed by atoms with Crippen LogP contribution in [0.2, 0.25) is 0 Å². The first-order chi connectivity index (χ1) is 9.03. The number of ether oxygens (including phenoxy) is 2. The number of methoxy groups -OCH3 is 2. The van der Waals surface area contributed by atoms with Crippen molar-refractivity contribution in [3.8, 4) is 0 Å². The van der Waals surface area contributed by atoms with Gasteiger partial charge in [0.05, 0.1) is 12.0 Å². The maximum Gasteiger partial charge on any atom is 0.326 e. The van der Waals surface area contributed by atoms with Gasteiger partial charge in [0.25, 0.3) is 0 Å². The van der Waals surface area contributed by atoms with Crippen molar-refractivity contribution in [3.63, 3.8) is 0 Å². The first kappa shape index (κ1) is 15.9. The van der Waals surface area contributed by atoms with Crippen molar-refractivity contribution < 1.29 is 24.2 Å². The summed E-state index contributed by atoms with van der Waals surface area (Å²) in [5.41, 5.74) is -0.375. The molecular weight excluding hydrogens is 250 g/mol. The number of nitrogens with one attached hydrogen (secondary N) is 1. The molecule has 0 radical (unpaired) electrons. The van der Waals surface area contributed by atoms with Gasteiger partial charge in [-0.1, -0.05) is 0 Å². The molecule has 1 rings (SSSR count). The molecule has 0 aromatic carbocycles. The lowest BCUT2D eigenvalue weighted by molar-refractivity contribution is -0.145. The summed E-state index contributed by atoms with van der Waals surface area (Å²) in [5, 5.41) is 11.6. The molecule has 1 saturated carbocycles. The van der Waals surface area contributed by atoms with Crippen LogP contribution in [0.3, 0.4) is 0 Å². The largest absolute Gasteiger partial charge is 0.480 e. The van der Waals surface area contributed by atoms with E-state index in [4.69, 9.17) is 14.6 Å². The van der Waals surface area contributed by atoms with Gasteiger partial charge in [-0.05, 0) is 32.1 Å². The molecule has 0 aliphatic heterocycles. The van der Waals surface area contributed by atoms with Crippen LogP contribution >= 0.6 is 0 Å². The minimum Gasteiger partial charge on any atom is -0.480 e. The standard InChI is InChI=1S/C13H23NO5/c1-18-8-3-5-10(12(16)17)14-11(15)9-13(19-2)6-4-7-13/h10H,3-9H2,1-2H3,(H,14,15)(H,16,17). The van der Waals surface area contributed by atoms with Gasteiger partial charge in [0.15, 0.2) is 0 Å². The van der Waals surface area contributed by atoms with Crippen LogP contribution in [0.4, 0.5) is 0 Å². The summed E-state index contributed by atoms with van der Waals surface area (Å²) in [7, 11) is 3.16. The molecule has 6 nitrogen and oxygen atoms in total. The zero-order chi connectivity index (χ0) is 14.3. The Morgan fingerprint density at radius 1 is 1.37 bits per heavy atom. The number of rotatable bonds is 9. The topological polar surface area (TPSA) is 84.9 Å². The van der Waals surface area contributed by atoms with E-state index in [0.29, 0.717) is 19.4 Å². The van der Waals surface area contributed by atoms with Crippen LogP contribution in [0.1, 0.15) is 38.5 Å². The normalized spacial score (nSPS) is 18.4. The van der Waals surface area contributed by atoms with Crippen molar-refractivity contribution in [2.45, 2.75) is 50.2 Å². The number of carboxylic acid groups (broad SMARTS) is 1. The van der Waals surface area contributed by atoms with E-state index in [2.05, 4.69) is 5.32 Å². The first-order valence-electron chi connectivity index (χ1n) is 6.59. The van der Waals surface area contributed by atoms with Crippen LogP contribution in [0.15, 0.2) is 0 Å². The second-order valence-corrected chi connectivity index (χ2v) is 5.01. The predicted octanol–water partition coefficient (Wildman–Crippen LogP) is 0.942. The van der Waals surface area contributed by atoms with E-state index in [0.717, 1.165) is 19.3 Å². The molecule has 1 aliphatic rings. The van der Waals surface area contributed by atoms with E-state index >= 15 is 0 Å². The van der Waals surface area contributed by atoms with Crippen molar-refractivity contribution in [3.05, 3.63) is 0 Å². The minimum atomic E-state index is -1.01. The highest BCUT2D eigenvalue weighted by molar-refractivity contribution is 5.84. The highest BCUT2D eigenvalue weighted by Gasteiger charge is 2.39. The molecule has 0 bridgehead atoms. The van der Waals surface area contributed by atoms with E-state index in [1.807, 2.05) is 0 Å². The van der Waals surface area contributed by atoms with Gasteiger partial charge in [-0.15, -0.1) is 0 Å². The number of carbonyl (C=O) groups excluding carboxylic acids is 1. The highest BCUT2D eigenvalue weighted by atomic mass is 16.5. The van der Waals surface area contributed by atoms with E-state index in [1.54, 1.807) is 14.2 Å². The molecule has 1 unspecified atom stereocenters. The fraction of sp³-hybridized carbons (Fsp3) is 0.846. The van der Waals surface area contributed by atoms with E-state index in [-0.39, 0.29) is 17.9 Å². The van der Waals surface area contributed by atoms with Crippen LogP contribution in [-0.2, 0) is 19.1 Å². The molecule has 0 aromatic rings. The second kappa shape index (κ2) is 7.45. The zero-order valence-electron chi connectivity index (χ0n) is 11.6. The molecule has 110 valence electrons. The number of carboxylic acids is 1. The van der Waals surface area contributed by atoms with Crippen molar-refractivity contribution >= 4 is 11.9 Å². The van der Waals surface area contributed by atoms with Gasteiger partial charge >= 0.3 is 5.97 Å². The predicted molar refractivity (Wildman–Crippen MR) is 68.9 cm³/mol. The molecule has 19 heavy (non-hydrogen) atoms. The monoisotopic (exact) mass is 273 g/mol. The lowest BCUT2D eigenvalue weighted by Gasteiger charge is -2.40. The third kappa shape index (κ3) is 4.80. The average Bonchev–Trinajstić information content (AvgIpc) is 2.32. The Bertz CT molecular complexity index is 309. The number of aliphatic carboxylic acids is 1. The molecule has 6 heteroatoms. The van der Waals surface area contributed by atoms with Crippen molar-refractivity contribution in [2.24, 2.45) is 0 Å². The number of carbonyl (C=O) groups is 2. The first-order valence-corrected chi connectivity index (χ1v) is 6.59. The molecule has 0 heterocycles. The summed E-state index contributed by atoms with van der Waals surface area (Å²) in [6.45, 7) is 0.488. The minimum absolute atomic E-state index is 0.234. The summed E-state index contributed by atoms with van der Waals surface area (Å²) < 4.78 is 10.2. The fourth-order valence-corrected chi connectivity index (χ4v) is 2.25. The van der Waals surface area contributed by atoms with E-state index in [9.17, 15) is 9.59 Å². The Labute approximate surface area is 113 Å². The van der Waals surface area contributed by atoms with Crippen LogP contribution in [-0.4, -0.2) is 49.5 Å². The lowest BCUT2D eigenvalue weighted by Crippen LogP contribution is -2.47. The molecule has 2 N–H and O–H groups in total. The van der Waals surface area contributed by atoms with E-state index in [1.165, 1.54) is 0 Å². The van der Waals surface area contributed by atoms with Crippen molar-refractivity contribution in [2.75, 3.05) is 20.8 Å². The van der Waals surface area contributed by atoms with E-state index < -0.39 is 12.0 Å². The summed E-state index contributed by atoms with van der Waals surface area (Å²) in [5.74, 6) is -1.27. The second-order valence-electron chi connectivity index (χ2n) is 5.01. The van der Waals surface area contributed by atoms with Crippen LogP contribution in [0, 0.1) is 0 Å². The van der Waals surface area contributed by atoms with Gasteiger partial charge in [-0.2, -0.15) is 0 Å². The summed E-state index contributed by atoms with van der Waals surface area (Å²) >= 11 is 0. The Morgan fingerprint density at radius 3 is 2.47 bits per heavy atom. The average molecular weight is 273 g/mol. The zero-order valence-corrected chi connectivity index (χ0v) is 11.6. The van der Waals surface area contributed by atoms with Gasteiger partial charge in [0.1, 0.15) is 6.04 Å². The molecule has 0 spiro atoms. The quantitative estimate of drug-likeness (QED) is 0.611. The molecule has 1 atom stereocenters. The van der Waals surface area contributed by atoms with Gasteiger partial charge in [-0.3, -0.25) is 4.79 Å². The number of amides is 1. The Balaban J connectivity index is 2.40.